The Morgan fingerprint density at radius 1 is 1.16 bits per heavy atom. The van der Waals surface area contributed by atoms with Gasteiger partial charge in [-0.3, -0.25) is 4.90 Å². The van der Waals surface area contributed by atoms with Crippen LogP contribution in [0.2, 0.25) is 0 Å². The summed E-state index contributed by atoms with van der Waals surface area (Å²) >= 11 is 0. The Kier molecular flexibility index (Phi) is 4.16. The molecule has 0 aromatic heterocycles. The van der Waals surface area contributed by atoms with Crippen LogP contribution in [0.4, 0.5) is 0 Å². The first-order valence-corrected chi connectivity index (χ1v) is 8.40. The van der Waals surface area contributed by atoms with Crippen LogP contribution in [-0.4, -0.2) is 46.8 Å². The first-order chi connectivity index (χ1) is 9.26. The van der Waals surface area contributed by atoms with Crippen LogP contribution in [0, 0.1) is 0 Å². The number of unbranched alkanes of at least 4 members (excludes halogenated alkanes) is 1. The van der Waals surface area contributed by atoms with Crippen molar-refractivity contribution in [2.75, 3.05) is 13.2 Å². The highest BCUT2D eigenvalue weighted by Gasteiger charge is 2.45. The summed E-state index contributed by atoms with van der Waals surface area (Å²) < 4.78 is 0. The van der Waals surface area contributed by atoms with Crippen LogP contribution < -0.4 is 5.32 Å². The monoisotopic (exact) mass is 266 g/mol. The van der Waals surface area contributed by atoms with Crippen molar-refractivity contribution in [2.45, 2.75) is 88.4 Å². The van der Waals surface area contributed by atoms with Crippen LogP contribution in [0.3, 0.4) is 0 Å². The maximum Gasteiger partial charge on any atom is 0.0614 e. The Morgan fingerprint density at radius 3 is 2.53 bits per heavy atom. The van der Waals surface area contributed by atoms with Gasteiger partial charge < -0.3 is 10.4 Å². The third-order valence-electron chi connectivity index (χ3n) is 5.23. The Hall–Kier alpha value is -0.120. The molecule has 3 saturated carbocycles. The van der Waals surface area contributed by atoms with Gasteiger partial charge >= 0.3 is 0 Å². The molecule has 0 spiro atoms. The quantitative estimate of drug-likeness (QED) is 0.707. The zero-order valence-electron chi connectivity index (χ0n) is 12.4. The van der Waals surface area contributed by atoms with Crippen molar-refractivity contribution in [1.82, 2.24) is 10.2 Å². The van der Waals surface area contributed by atoms with Crippen LogP contribution in [-0.2, 0) is 0 Å². The number of hydrogen-bond donors (Lipinski definition) is 2. The summed E-state index contributed by atoms with van der Waals surface area (Å²) in [6, 6.07) is 2.29. The van der Waals surface area contributed by atoms with Crippen molar-refractivity contribution >= 4 is 0 Å². The fraction of sp³-hybridized carbons (Fsp3) is 1.00. The van der Waals surface area contributed by atoms with E-state index in [9.17, 15) is 5.11 Å². The molecule has 3 heteroatoms. The topological polar surface area (TPSA) is 35.5 Å². The molecule has 3 aliphatic carbocycles. The molecule has 0 heterocycles. The fourth-order valence-corrected chi connectivity index (χ4v) is 3.77. The van der Waals surface area contributed by atoms with E-state index in [4.69, 9.17) is 0 Å². The van der Waals surface area contributed by atoms with E-state index < -0.39 is 0 Å². The van der Waals surface area contributed by atoms with Gasteiger partial charge in [-0.05, 0) is 57.9 Å². The van der Waals surface area contributed by atoms with E-state index in [1.807, 2.05) is 0 Å². The van der Waals surface area contributed by atoms with E-state index in [1.165, 1.54) is 64.3 Å². The summed E-state index contributed by atoms with van der Waals surface area (Å²) in [6.07, 6.45) is 11.7. The van der Waals surface area contributed by atoms with Gasteiger partial charge in [-0.15, -0.1) is 0 Å². The Morgan fingerprint density at radius 2 is 1.95 bits per heavy atom. The van der Waals surface area contributed by atoms with Gasteiger partial charge in [0.1, 0.15) is 0 Å². The molecule has 2 unspecified atom stereocenters. The minimum absolute atomic E-state index is 0.0468. The van der Waals surface area contributed by atoms with E-state index in [-0.39, 0.29) is 5.54 Å². The predicted molar refractivity (Wildman–Crippen MR) is 78.2 cm³/mol. The molecular weight excluding hydrogens is 236 g/mol. The van der Waals surface area contributed by atoms with Gasteiger partial charge in [-0.25, -0.2) is 0 Å². The van der Waals surface area contributed by atoms with Gasteiger partial charge in [0, 0.05) is 23.7 Å². The Bertz CT molecular complexity index is 301. The van der Waals surface area contributed by atoms with Crippen molar-refractivity contribution in [3.05, 3.63) is 0 Å². The van der Waals surface area contributed by atoms with Gasteiger partial charge in [0.25, 0.3) is 0 Å². The fourth-order valence-electron chi connectivity index (χ4n) is 3.77. The van der Waals surface area contributed by atoms with Gasteiger partial charge in [0.2, 0.25) is 0 Å². The molecule has 3 aliphatic rings. The molecule has 0 aliphatic heterocycles. The highest BCUT2D eigenvalue weighted by atomic mass is 16.3. The minimum Gasteiger partial charge on any atom is -0.394 e. The molecule has 3 nitrogen and oxygen atoms in total. The van der Waals surface area contributed by atoms with Gasteiger partial charge in [0.15, 0.2) is 0 Å². The molecular formula is C16H30N2O. The number of aliphatic hydroxyl groups is 1. The highest BCUT2D eigenvalue weighted by molar-refractivity contribution is 5.04. The van der Waals surface area contributed by atoms with E-state index in [0.717, 1.165) is 12.1 Å². The maximum absolute atomic E-state index is 9.84. The average Bonchev–Trinajstić information content (AvgIpc) is 3.32. The summed E-state index contributed by atoms with van der Waals surface area (Å²) in [5, 5.41) is 13.6. The van der Waals surface area contributed by atoms with Crippen molar-refractivity contribution in [3.8, 4) is 0 Å². The molecule has 0 bridgehead atoms. The van der Waals surface area contributed by atoms with E-state index in [1.54, 1.807) is 0 Å². The summed E-state index contributed by atoms with van der Waals surface area (Å²) in [5.41, 5.74) is 0.0468. The number of nitrogens with one attached hydrogen (secondary N) is 1. The molecule has 2 atom stereocenters. The number of hydrogen-bond acceptors (Lipinski definition) is 3. The van der Waals surface area contributed by atoms with Gasteiger partial charge in [-0.1, -0.05) is 13.3 Å². The molecule has 0 saturated heterocycles. The van der Waals surface area contributed by atoms with Crippen molar-refractivity contribution in [3.63, 3.8) is 0 Å². The lowest BCUT2D eigenvalue weighted by Gasteiger charge is -2.33. The first kappa shape index (κ1) is 13.8. The van der Waals surface area contributed by atoms with Crippen LogP contribution in [0.1, 0.15) is 64.7 Å². The second-order valence-electron chi connectivity index (χ2n) is 7.08. The molecule has 3 rings (SSSR count). The molecule has 110 valence electrons. The average molecular weight is 266 g/mol. The largest absolute Gasteiger partial charge is 0.394 e. The van der Waals surface area contributed by atoms with E-state index in [2.05, 4.69) is 17.1 Å². The summed E-state index contributed by atoms with van der Waals surface area (Å²) in [7, 11) is 0. The molecule has 0 aromatic rings. The molecule has 0 radical (unpaired) electrons. The summed E-state index contributed by atoms with van der Waals surface area (Å²) in [6.45, 7) is 3.88. The molecule has 3 fully saturated rings. The van der Waals surface area contributed by atoms with Crippen molar-refractivity contribution in [2.24, 2.45) is 0 Å². The first-order valence-electron chi connectivity index (χ1n) is 8.40. The molecule has 19 heavy (non-hydrogen) atoms. The van der Waals surface area contributed by atoms with E-state index in [0.29, 0.717) is 12.6 Å². The van der Waals surface area contributed by atoms with Crippen molar-refractivity contribution < 1.29 is 5.11 Å². The maximum atomic E-state index is 9.84. The van der Waals surface area contributed by atoms with Gasteiger partial charge in [-0.2, -0.15) is 0 Å². The highest BCUT2D eigenvalue weighted by Crippen LogP contribution is 2.40. The lowest BCUT2D eigenvalue weighted by molar-refractivity contribution is 0.136. The minimum atomic E-state index is 0.0468. The Labute approximate surface area is 117 Å². The zero-order valence-corrected chi connectivity index (χ0v) is 12.4. The number of nitrogens with zero attached hydrogens (tertiary/aromatic N) is 1. The smallest absolute Gasteiger partial charge is 0.0614 e. The molecule has 2 N–H and O–H groups in total. The lowest BCUT2D eigenvalue weighted by atomic mass is 9.98. The predicted octanol–water partition coefficient (Wildman–Crippen LogP) is 2.29. The van der Waals surface area contributed by atoms with Crippen LogP contribution in [0.15, 0.2) is 0 Å². The summed E-state index contributed by atoms with van der Waals surface area (Å²) in [5.74, 6) is 0. The number of rotatable bonds is 8. The van der Waals surface area contributed by atoms with Crippen LogP contribution >= 0.6 is 0 Å². The third-order valence-corrected chi connectivity index (χ3v) is 5.23. The number of aliphatic hydroxyl groups excluding tert-OH is 1. The van der Waals surface area contributed by atoms with Gasteiger partial charge in [0.05, 0.1) is 6.61 Å². The van der Waals surface area contributed by atoms with Crippen LogP contribution in [0.25, 0.3) is 0 Å². The zero-order chi connectivity index (χ0) is 13.3. The normalized spacial score (nSPS) is 35.2. The second kappa shape index (κ2) is 5.71. The lowest BCUT2D eigenvalue weighted by Crippen LogP contribution is -2.49. The molecule has 0 amide bonds. The van der Waals surface area contributed by atoms with E-state index >= 15 is 0 Å². The third kappa shape index (κ3) is 3.32. The van der Waals surface area contributed by atoms with Crippen LogP contribution in [0.5, 0.6) is 0 Å². The van der Waals surface area contributed by atoms with Crippen molar-refractivity contribution in [1.29, 1.82) is 0 Å². The standard InChI is InChI=1S/C16H30N2O/c1-2-3-10-18(14-6-7-14)15-8-9-16(11-15,12-19)17-13-4-5-13/h13-15,17,19H,2-12H2,1H3. The molecule has 0 aromatic carbocycles. The summed E-state index contributed by atoms with van der Waals surface area (Å²) in [4.78, 5) is 2.77. The Balaban J connectivity index is 1.58. The second-order valence-corrected chi connectivity index (χ2v) is 7.08. The SMILES string of the molecule is CCCCN(C1CC1)C1CCC(CO)(NC2CC2)C1.